The van der Waals surface area contributed by atoms with E-state index in [4.69, 9.17) is 10.5 Å². The Morgan fingerprint density at radius 2 is 1.85 bits per heavy atom. The van der Waals surface area contributed by atoms with Crippen LogP contribution < -0.4 is 20.3 Å². The third-order valence-electron chi connectivity index (χ3n) is 6.30. The van der Waals surface area contributed by atoms with Crippen molar-refractivity contribution in [2.45, 2.75) is 25.0 Å². The molecule has 5 heterocycles. The lowest BCUT2D eigenvalue weighted by molar-refractivity contribution is -0.0494. The van der Waals surface area contributed by atoms with E-state index in [1.165, 1.54) is 17.2 Å². The van der Waals surface area contributed by atoms with Crippen LogP contribution in [0.2, 0.25) is 0 Å². The van der Waals surface area contributed by atoms with Crippen molar-refractivity contribution in [1.29, 1.82) is 0 Å². The summed E-state index contributed by atoms with van der Waals surface area (Å²) in [6.45, 7) is 1.16. The summed E-state index contributed by atoms with van der Waals surface area (Å²) in [6, 6.07) is 3.37. The zero-order chi connectivity index (χ0) is 23.9. The topological polar surface area (TPSA) is 92.9 Å². The molecule has 9 nitrogen and oxygen atoms in total. The SMILES string of the molecule is Nc1ncc(-c2cc(N3CC(N4CCOCC4)C3)nc(N3CCC(F)(F)C3)n2)cc1OC(F)F. The summed E-state index contributed by atoms with van der Waals surface area (Å²) in [4.78, 5) is 18.8. The Kier molecular flexibility index (Phi) is 6.06. The van der Waals surface area contributed by atoms with E-state index >= 15 is 0 Å². The summed E-state index contributed by atoms with van der Waals surface area (Å²) >= 11 is 0. The number of nitrogen functional groups attached to an aromatic ring is 1. The van der Waals surface area contributed by atoms with Crippen molar-refractivity contribution in [3.05, 3.63) is 18.3 Å². The lowest BCUT2D eigenvalue weighted by Gasteiger charge is -2.47. The zero-order valence-corrected chi connectivity index (χ0v) is 18.3. The van der Waals surface area contributed by atoms with Gasteiger partial charge in [0.05, 0.1) is 25.5 Å². The second-order valence-electron chi connectivity index (χ2n) is 8.63. The smallest absolute Gasteiger partial charge is 0.387 e. The van der Waals surface area contributed by atoms with Crippen molar-refractivity contribution in [3.63, 3.8) is 0 Å². The summed E-state index contributed by atoms with van der Waals surface area (Å²) in [5.74, 6) is -2.55. The van der Waals surface area contributed by atoms with Gasteiger partial charge < -0.3 is 25.0 Å². The van der Waals surface area contributed by atoms with E-state index < -0.39 is 19.1 Å². The first-order valence-electron chi connectivity index (χ1n) is 11.1. The second kappa shape index (κ2) is 9.02. The highest BCUT2D eigenvalue weighted by atomic mass is 19.3. The summed E-state index contributed by atoms with van der Waals surface area (Å²) in [5, 5.41) is 0. The van der Waals surface area contributed by atoms with Crippen LogP contribution >= 0.6 is 0 Å². The maximum absolute atomic E-state index is 13.9. The van der Waals surface area contributed by atoms with Crippen molar-refractivity contribution >= 4 is 17.6 Å². The molecule has 0 saturated carbocycles. The molecule has 0 amide bonds. The average Bonchev–Trinajstić information content (AvgIpc) is 3.14. The first kappa shape index (κ1) is 22.8. The Morgan fingerprint density at radius 1 is 1.09 bits per heavy atom. The maximum atomic E-state index is 13.9. The van der Waals surface area contributed by atoms with Gasteiger partial charge in [-0.2, -0.15) is 13.8 Å². The molecule has 0 bridgehead atoms. The largest absolute Gasteiger partial charge is 0.431 e. The molecular weight excluding hydrogens is 458 g/mol. The first-order chi connectivity index (χ1) is 16.3. The number of nitrogens with two attached hydrogens (primary N) is 1. The molecule has 3 saturated heterocycles. The van der Waals surface area contributed by atoms with Crippen LogP contribution in [0.15, 0.2) is 18.3 Å². The van der Waals surface area contributed by atoms with Gasteiger partial charge in [0.15, 0.2) is 11.6 Å². The molecule has 0 radical (unpaired) electrons. The standard InChI is InChI=1S/C21H25F4N7O2/c22-19(23)34-16-7-13(9-27-18(16)26)15-8-17(29-20(28-15)31-2-1-21(24,25)12-31)32-10-14(11-32)30-3-5-33-6-4-30/h7-9,14,19H,1-6,10-12H2,(H2,26,27). The van der Waals surface area contributed by atoms with Gasteiger partial charge in [-0.25, -0.2) is 18.7 Å². The van der Waals surface area contributed by atoms with Gasteiger partial charge in [0, 0.05) is 63.0 Å². The molecule has 0 atom stereocenters. The van der Waals surface area contributed by atoms with Crippen LogP contribution in [-0.2, 0) is 4.74 Å². The molecule has 0 unspecified atom stereocenters. The van der Waals surface area contributed by atoms with Gasteiger partial charge in [-0.1, -0.05) is 0 Å². The summed E-state index contributed by atoms with van der Waals surface area (Å²) in [5.41, 5.74) is 6.38. The van der Waals surface area contributed by atoms with E-state index in [1.54, 1.807) is 6.07 Å². The number of pyridine rings is 1. The molecule has 0 spiro atoms. The third-order valence-corrected chi connectivity index (χ3v) is 6.30. The zero-order valence-electron chi connectivity index (χ0n) is 18.3. The van der Waals surface area contributed by atoms with E-state index in [1.807, 2.05) is 4.90 Å². The highest BCUT2D eigenvalue weighted by molar-refractivity contribution is 5.68. The van der Waals surface area contributed by atoms with Crippen LogP contribution in [0.25, 0.3) is 11.3 Å². The number of ether oxygens (including phenoxy) is 2. The molecule has 3 aliphatic rings. The van der Waals surface area contributed by atoms with E-state index in [-0.39, 0.29) is 30.5 Å². The maximum Gasteiger partial charge on any atom is 0.387 e. The third kappa shape index (κ3) is 4.80. The van der Waals surface area contributed by atoms with Crippen LogP contribution in [0.1, 0.15) is 6.42 Å². The van der Waals surface area contributed by atoms with Crippen LogP contribution in [0.5, 0.6) is 5.75 Å². The number of halogens is 4. The van der Waals surface area contributed by atoms with Crippen molar-refractivity contribution in [2.24, 2.45) is 0 Å². The van der Waals surface area contributed by atoms with E-state index in [2.05, 4.69) is 24.6 Å². The van der Waals surface area contributed by atoms with Crippen LogP contribution in [0.3, 0.4) is 0 Å². The van der Waals surface area contributed by atoms with Gasteiger partial charge in [0.2, 0.25) is 5.95 Å². The molecule has 5 rings (SSSR count). The number of nitrogens with zero attached hydrogens (tertiary/aromatic N) is 6. The Bertz CT molecular complexity index is 1030. The molecule has 0 aromatic carbocycles. The van der Waals surface area contributed by atoms with E-state index in [0.717, 1.165) is 26.2 Å². The molecule has 13 heteroatoms. The summed E-state index contributed by atoms with van der Waals surface area (Å²) < 4.78 is 63.2. The second-order valence-corrected chi connectivity index (χ2v) is 8.63. The van der Waals surface area contributed by atoms with Gasteiger partial charge in [-0.05, 0) is 6.07 Å². The number of rotatable bonds is 6. The first-order valence-corrected chi connectivity index (χ1v) is 11.1. The fourth-order valence-corrected chi connectivity index (χ4v) is 4.38. The van der Waals surface area contributed by atoms with Crippen LogP contribution in [0, 0.1) is 0 Å². The predicted octanol–water partition coefficient (Wildman–Crippen LogP) is 2.09. The monoisotopic (exact) mass is 483 g/mol. The van der Waals surface area contributed by atoms with E-state index in [0.29, 0.717) is 36.3 Å². The normalized spacial score (nSPS) is 21.2. The Labute approximate surface area is 193 Å². The molecule has 2 aromatic rings. The fraction of sp³-hybridized carbons (Fsp3) is 0.571. The van der Waals surface area contributed by atoms with Crippen molar-refractivity contribution in [1.82, 2.24) is 19.9 Å². The molecule has 3 aliphatic heterocycles. The molecule has 2 N–H and O–H groups in total. The van der Waals surface area contributed by atoms with Gasteiger partial charge in [-0.3, -0.25) is 4.90 Å². The lowest BCUT2D eigenvalue weighted by Crippen LogP contribution is -2.61. The minimum absolute atomic E-state index is 0.117. The van der Waals surface area contributed by atoms with Crippen molar-refractivity contribution < 1.29 is 27.0 Å². The van der Waals surface area contributed by atoms with Crippen LogP contribution in [0.4, 0.5) is 35.1 Å². The Balaban J connectivity index is 1.44. The fourth-order valence-electron chi connectivity index (χ4n) is 4.38. The van der Waals surface area contributed by atoms with Gasteiger partial charge in [0.25, 0.3) is 5.92 Å². The Morgan fingerprint density at radius 3 is 2.53 bits per heavy atom. The number of morpholine rings is 1. The van der Waals surface area contributed by atoms with Crippen molar-refractivity contribution in [3.8, 4) is 17.0 Å². The highest BCUT2D eigenvalue weighted by Gasteiger charge is 2.40. The van der Waals surface area contributed by atoms with Gasteiger partial charge >= 0.3 is 6.61 Å². The van der Waals surface area contributed by atoms with Crippen molar-refractivity contribution in [2.75, 3.05) is 68.0 Å². The number of hydrogen-bond acceptors (Lipinski definition) is 9. The molecule has 0 aliphatic carbocycles. The molecule has 184 valence electrons. The summed E-state index contributed by atoms with van der Waals surface area (Å²) in [7, 11) is 0. The Hall–Kier alpha value is -2.93. The number of hydrogen-bond donors (Lipinski definition) is 1. The quantitative estimate of drug-likeness (QED) is 0.620. The van der Waals surface area contributed by atoms with E-state index in [9.17, 15) is 17.6 Å². The molecule has 3 fully saturated rings. The minimum atomic E-state index is -3.07. The minimum Gasteiger partial charge on any atom is -0.431 e. The number of anilines is 3. The predicted molar refractivity (Wildman–Crippen MR) is 116 cm³/mol. The number of aromatic nitrogens is 3. The molecule has 2 aromatic heterocycles. The molecule has 34 heavy (non-hydrogen) atoms. The van der Waals surface area contributed by atoms with Gasteiger partial charge in [-0.15, -0.1) is 0 Å². The molecular formula is C21H25F4N7O2. The van der Waals surface area contributed by atoms with Crippen LogP contribution in [-0.4, -0.2) is 90.9 Å². The lowest BCUT2D eigenvalue weighted by atomic mass is 10.1. The summed E-state index contributed by atoms with van der Waals surface area (Å²) in [6.07, 6.45) is 1.10. The average molecular weight is 483 g/mol. The number of alkyl halides is 4. The van der Waals surface area contributed by atoms with Gasteiger partial charge in [0.1, 0.15) is 5.82 Å². The highest BCUT2D eigenvalue weighted by Crippen LogP contribution is 2.34.